The molecule has 0 radical (unpaired) electrons. The predicted molar refractivity (Wildman–Crippen MR) is 74.4 cm³/mol. The lowest BCUT2D eigenvalue weighted by molar-refractivity contribution is -0.154. The van der Waals surface area contributed by atoms with Crippen LogP contribution in [0.5, 0.6) is 0 Å². The second-order valence-electron chi connectivity index (χ2n) is 5.11. The molecule has 0 aromatic heterocycles. The molecule has 0 spiro atoms. The Hall–Kier alpha value is -2.60. The normalized spacial score (nSPS) is 15.4. The number of Topliss-reactive ketones (excluding diaryl/α,β-unsaturated/α-hetero) is 1. The Morgan fingerprint density at radius 2 is 1.96 bits per heavy atom. The lowest BCUT2D eigenvalue weighted by atomic mass is 9.95. The molecule has 1 aromatic carbocycles. The molecule has 0 amide bonds. The van der Waals surface area contributed by atoms with Gasteiger partial charge in [0.2, 0.25) is 5.78 Å². The molecule has 1 saturated heterocycles. The Balaban J connectivity index is 2.02. The van der Waals surface area contributed by atoms with Crippen LogP contribution in [0.3, 0.4) is 0 Å². The Morgan fingerprint density at radius 3 is 2.54 bits per heavy atom. The molecule has 1 aromatic rings. The molecule has 6 nitrogen and oxygen atoms in total. The van der Waals surface area contributed by atoms with E-state index >= 15 is 0 Å². The minimum Gasteiger partial charge on any atom is -0.381 e. The third kappa shape index (κ3) is 4.23. The number of carbonyl (C=O) groups excluding carboxylic acids is 2. The van der Waals surface area contributed by atoms with Crippen molar-refractivity contribution in [3.63, 3.8) is 0 Å². The van der Waals surface area contributed by atoms with Crippen molar-refractivity contribution in [3.8, 4) is 6.07 Å². The van der Waals surface area contributed by atoms with Crippen LogP contribution in [0.25, 0.3) is 0 Å². The van der Waals surface area contributed by atoms with Crippen molar-refractivity contribution >= 4 is 17.4 Å². The first-order chi connectivity index (χ1) is 11.3. The van der Waals surface area contributed by atoms with Gasteiger partial charge in [-0.1, -0.05) is 0 Å². The topological polar surface area (TPSA) is 88.4 Å². The first-order valence-corrected chi connectivity index (χ1v) is 7.03. The van der Waals surface area contributed by atoms with Gasteiger partial charge in [-0.3, -0.25) is 4.79 Å². The molecule has 1 fully saturated rings. The van der Waals surface area contributed by atoms with Crippen molar-refractivity contribution in [1.82, 2.24) is 0 Å². The molecule has 1 N–H and O–H groups in total. The maximum Gasteiger partial charge on any atom is 0.417 e. The third-order valence-corrected chi connectivity index (χ3v) is 3.50. The number of carbonyl (C=O) groups is 2. The van der Waals surface area contributed by atoms with E-state index in [2.05, 4.69) is 4.84 Å². The summed E-state index contributed by atoms with van der Waals surface area (Å²) in [7, 11) is 0. The van der Waals surface area contributed by atoms with Gasteiger partial charge in [-0.2, -0.15) is 18.4 Å². The largest absolute Gasteiger partial charge is 0.417 e. The van der Waals surface area contributed by atoms with Crippen molar-refractivity contribution in [2.45, 2.75) is 19.0 Å². The minimum absolute atomic E-state index is 0.200. The highest BCUT2D eigenvalue weighted by Crippen LogP contribution is 2.33. The number of hydrogen-bond acceptors (Lipinski definition) is 6. The quantitative estimate of drug-likeness (QED) is 0.668. The van der Waals surface area contributed by atoms with Crippen LogP contribution in [-0.4, -0.2) is 25.0 Å². The van der Waals surface area contributed by atoms with Crippen LogP contribution in [0.4, 0.5) is 18.9 Å². The maximum atomic E-state index is 12.8. The van der Waals surface area contributed by atoms with E-state index in [4.69, 9.17) is 10.00 Å². The van der Waals surface area contributed by atoms with Crippen LogP contribution in [0.1, 0.15) is 24.0 Å². The molecular formula is C15H13F3N2O4. The van der Waals surface area contributed by atoms with Gasteiger partial charge >= 0.3 is 12.1 Å². The van der Waals surface area contributed by atoms with Crippen molar-refractivity contribution in [2.75, 3.05) is 18.7 Å². The van der Waals surface area contributed by atoms with Crippen molar-refractivity contribution in [2.24, 2.45) is 5.92 Å². The second kappa shape index (κ2) is 7.31. The summed E-state index contributed by atoms with van der Waals surface area (Å²) in [4.78, 5) is 28.1. The molecule has 9 heteroatoms. The molecule has 0 aliphatic carbocycles. The predicted octanol–water partition coefficient (Wildman–Crippen LogP) is 2.44. The monoisotopic (exact) mass is 342 g/mol. The van der Waals surface area contributed by atoms with Gasteiger partial charge in [0, 0.05) is 19.1 Å². The fraction of sp³-hybridized carbons (Fsp3) is 0.400. The number of benzene rings is 1. The van der Waals surface area contributed by atoms with E-state index in [0.717, 1.165) is 12.1 Å². The zero-order chi connectivity index (χ0) is 17.7. The van der Waals surface area contributed by atoms with Gasteiger partial charge in [0.1, 0.15) is 0 Å². The molecule has 1 heterocycles. The molecule has 0 saturated carbocycles. The highest BCUT2D eigenvalue weighted by Gasteiger charge is 2.34. The van der Waals surface area contributed by atoms with Gasteiger partial charge in [0.15, 0.2) is 0 Å². The summed E-state index contributed by atoms with van der Waals surface area (Å²) in [5, 5.41) is 8.70. The third-order valence-electron chi connectivity index (χ3n) is 3.50. The molecule has 2 rings (SSSR count). The SMILES string of the molecule is N#Cc1ccc(NOC(=O)C(=O)C2CCOCC2)cc1C(F)(F)F. The van der Waals surface area contributed by atoms with Gasteiger partial charge in [0.05, 0.1) is 22.9 Å². The minimum atomic E-state index is -4.73. The van der Waals surface area contributed by atoms with E-state index in [9.17, 15) is 22.8 Å². The zero-order valence-electron chi connectivity index (χ0n) is 12.4. The van der Waals surface area contributed by atoms with Gasteiger partial charge in [-0.05, 0) is 31.0 Å². The number of anilines is 1. The molecule has 1 aliphatic rings. The van der Waals surface area contributed by atoms with Crippen LogP contribution in [-0.2, 0) is 25.3 Å². The first-order valence-electron chi connectivity index (χ1n) is 7.03. The summed E-state index contributed by atoms with van der Waals surface area (Å²) in [6.45, 7) is 0.726. The zero-order valence-corrected chi connectivity index (χ0v) is 12.4. The Morgan fingerprint density at radius 1 is 1.29 bits per heavy atom. The average molecular weight is 342 g/mol. The number of nitrogens with zero attached hydrogens (tertiary/aromatic N) is 1. The molecule has 0 unspecified atom stereocenters. The van der Waals surface area contributed by atoms with Gasteiger partial charge in [-0.25, -0.2) is 10.3 Å². The number of nitrogens with one attached hydrogen (secondary N) is 1. The lowest BCUT2D eigenvalue weighted by Gasteiger charge is -2.19. The fourth-order valence-corrected chi connectivity index (χ4v) is 2.22. The lowest BCUT2D eigenvalue weighted by Crippen LogP contribution is -2.31. The summed E-state index contributed by atoms with van der Waals surface area (Å²) in [5.74, 6) is -2.45. The number of alkyl halides is 3. The molecule has 0 bridgehead atoms. The van der Waals surface area contributed by atoms with Gasteiger partial charge < -0.3 is 9.57 Å². The molecule has 24 heavy (non-hydrogen) atoms. The standard InChI is InChI=1S/C15H13F3N2O4/c16-15(17,18)12-7-11(2-1-10(12)8-19)20-24-14(22)13(21)9-3-5-23-6-4-9/h1-2,7,9,20H,3-6H2. The number of ether oxygens (including phenoxy) is 1. The van der Waals surface area contributed by atoms with E-state index in [1.165, 1.54) is 6.07 Å². The maximum absolute atomic E-state index is 12.8. The Bertz CT molecular complexity index is 676. The average Bonchev–Trinajstić information content (AvgIpc) is 2.58. The van der Waals surface area contributed by atoms with Gasteiger partial charge in [0.25, 0.3) is 0 Å². The van der Waals surface area contributed by atoms with Crippen LogP contribution in [0.15, 0.2) is 18.2 Å². The number of nitriles is 1. The van der Waals surface area contributed by atoms with E-state index < -0.39 is 35.0 Å². The van der Waals surface area contributed by atoms with E-state index in [0.29, 0.717) is 32.1 Å². The van der Waals surface area contributed by atoms with E-state index in [1.54, 1.807) is 0 Å². The van der Waals surface area contributed by atoms with Crippen LogP contribution < -0.4 is 5.48 Å². The van der Waals surface area contributed by atoms with Crippen LogP contribution in [0, 0.1) is 17.2 Å². The Kier molecular flexibility index (Phi) is 5.41. The highest BCUT2D eigenvalue weighted by atomic mass is 19.4. The molecule has 1 aliphatic heterocycles. The fourth-order valence-electron chi connectivity index (χ4n) is 2.22. The summed E-state index contributed by atoms with van der Waals surface area (Å²) >= 11 is 0. The molecule has 0 atom stereocenters. The van der Waals surface area contributed by atoms with Crippen LogP contribution >= 0.6 is 0 Å². The number of rotatable bonds is 4. The number of hydrogen-bond donors (Lipinski definition) is 1. The smallest absolute Gasteiger partial charge is 0.381 e. The van der Waals surface area contributed by atoms with E-state index in [1.807, 2.05) is 5.48 Å². The summed E-state index contributed by atoms with van der Waals surface area (Å²) in [6, 6.07) is 4.15. The van der Waals surface area contributed by atoms with Crippen molar-refractivity contribution < 1.29 is 32.3 Å². The number of ketones is 1. The summed E-state index contributed by atoms with van der Waals surface area (Å²) in [5.41, 5.74) is 0.0949. The first kappa shape index (κ1) is 17.7. The number of halogens is 3. The van der Waals surface area contributed by atoms with E-state index in [-0.39, 0.29) is 5.69 Å². The van der Waals surface area contributed by atoms with Crippen LogP contribution in [0.2, 0.25) is 0 Å². The van der Waals surface area contributed by atoms with Crippen molar-refractivity contribution in [3.05, 3.63) is 29.3 Å². The summed E-state index contributed by atoms with van der Waals surface area (Å²) < 4.78 is 43.6. The molecular weight excluding hydrogens is 329 g/mol. The summed E-state index contributed by atoms with van der Waals surface area (Å²) in [6.07, 6.45) is -3.95. The Labute approximate surface area is 135 Å². The highest BCUT2D eigenvalue weighted by molar-refractivity contribution is 6.34. The van der Waals surface area contributed by atoms with Gasteiger partial charge in [-0.15, -0.1) is 0 Å². The molecule has 128 valence electrons. The van der Waals surface area contributed by atoms with Crippen molar-refractivity contribution in [1.29, 1.82) is 5.26 Å². The second-order valence-corrected chi connectivity index (χ2v) is 5.11.